The number of methoxy groups -OCH3 is 2. The molecule has 1 aliphatic heterocycles. The van der Waals surface area contributed by atoms with Crippen LogP contribution < -0.4 is 30.0 Å². The molecule has 1 aliphatic rings. The summed E-state index contributed by atoms with van der Waals surface area (Å²) in [4.78, 5) is 4.38. The van der Waals surface area contributed by atoms with Gasteiger partial charge < -0.3 is 30.0 Å². The molecule has 1 heterocycles. The van der Waals surface area contributed by atoms with Gasteiger partial charge in [0.2, 0.25) is 0 Å². The fourth-order valence-electron chi connectivity index (χ4n) is 2.60. The van der Waals surface area contributed by atoms with Crippen LogP contribution in [0.1, 0.15) is 12.0 Å². The van der Waals surface area contributed by atoms with Gasteiger partial charge in [-0.05, 0) is 30.3 Å². The van der Waals surface area contributed by atoms with Gasteiger partial charge in [0.25, 0.3) is 0 Å². The fourth-order valence-corrected chi connectivity index (χ4v) is 2.60. The lowest BCUT2D eigenvalue weighted by atomic mass is 10.2. The molecule has 0 radical (unpaired) electrons. The highest BCUT2D eigenvalue weighted by atomic mass is 16.5. The summed E-state index contributed by atoms with van der Waals surface area (Å²) in [6, 6.07) is 11.2. The molecule has 0 spiro atoms. The monoisotopic (exact) mass is 357 g/mol. The van der Waals surface area contributed by atoms with Crippen LogP contribution in [0.3, 0.4) is 0 Å². The maximum absolute atomic E-state index is 6.02. The molecular weight excluding hydrogens is 334 g/mol. The predicted molar refractivity (Wildman–Crippen MR) is 101 cm³/mol. The molecule has 0 fully saturated rings. The van der Waals surface area contributed by atoms with Crippen molar-refractivity contribution in [3.05, 3.63) is 42.0 Å². The van der Waals surface area contributed by atoms with Gasteiger partial charge >= 0.3 is 0 Å². The molecule has 3 N–H and O–H groups in total. The number of anilines is 1. The van der Waals surface area contributed by atoms with E-state index in [1.54, 1.807) is 14.2 Å². The minimum Gasteiger partial charge on any atom is -0.497 e. The Morgan fingerprint density at radius 2 is 1.88 bits per heavy atom. The zero-order chi connectivity index (χ0) is 18.4. The van der Waals surface area contributed by atoms with E-state index in [0.717, 1.165) is 34.9 Å². The molecule has 0 saturated heterocycles. The van der Waals surface area contributed by atoms with Gasteiger partial charge in [0.1, 0.15) is 11.5 Å². The van der Waals surface area contributed by atoms with Gasteiger partial charge in [0, 0.05) is 23.7 Å². The van der Waals surface area contributed by atoms with Crippen LogP contribution in [-0.4, -0.2) is 33.4 Å². The Morgan fingerprint density at radius 3 is 2.65 bits per heavy atom. The number of benzene rings is 2. The Bertz CT molecular complexity index is 792. The molecule has 2 aromatic rings. The lowest BCUT2D eigenvalue weighted by molar-refractivity contribution is 0.297. The number of nitrogens with two attached hydrogens (primary N) is 1. The molecule has 0 unspecified atom stereocenters. The summed E-state index contributed by atoms with van der Waals surface area (Å²) >= 11 is 0. The van der Waals surface area contributed by atoms with Crippen LogP contribution in [0, 0.1) is 0 Å². The SMILES string of the molecule is COc1ccc(OC)c(CN=C(N)Nc2ccc3c(c2)OCCCO3)c1. The highest BCUT2D eigenvalue weighted by Crippen LogP contribution is 2.32. The van der Waals surface area contributed by atoms with Gasteiger partial charge in [0.15, 0.2) is 17.5 Å². The number of nitrogens with one attached hydrogen (secondary N) is 1. The third-order valence-electron chi connectivity index (χ3n) is 3.93. The van der Waals surface area contributed by atoms with Crippen LogP contribution in [0.2, 0.25) is 0 Å². The van der Waals surface area contributed by atoms with Crippen LogP contribution >= 0.6 is 0 Å². The molecule has 2 aromatic carbocycles. The minimum absolute atomic E-state index is 0.296. The number of fused-ring (bicyclic) bond motifs is 1. The van der Waals surface area contributed by atoms with E-state index < -0.39 is 0 Å². The maximum Gasteiger partial charge on any atom is 0.193 e. The second-order valence-corrected chi connectivity index (χ2v) is 5.72. The van der Waals surface area contributed by atoms with Crippen molar-refractivity contribution in [1.29, 1.82) is 0 Å². The predicted octanol–water partition coefficient (Wildman–Crippen LogP) is 2.79. The van der Waals surface area contributed by atoms with Crippen LogP contribution in [-0.2, 0) is 6.54 Å². The number of guanidine groups is 1. The maximum atomic E-state index is 6.02. The van der Waals surface area contributed by atoms with Crippen molar-refractivity contribution in [2.75, 3.05) is 32.8 Å². The van der Waals surface area contributed by atoms with Gasteiger partial charge in [0.05, 0.1) is 34.0 Å². The Kier molecular flexibility index (Phi) is 5.68. The van der Waals surface area contributed by atoms with Crippen molar-refractivity contribution >= 4 is 11.6 Å². The van der Waals surface area contributed by atoms with Crippen LogP contribution in [0.25, 0.3) is 0 Å². The first-order valence-corrected chi connectivity index (χ1v) is 8.37. The number of rotatable bonds is 5. The first-order chi connectivity index (χ1) is 12.7. The molecule has 3 rings (SSSR count). The summed E-state index contributed by atoms with van der Waals surface area (Å²) in [7, 11) is 3.24. The first-order valence-electron chi connectivity index (χ1n) is 8.37. The molecule has 26 heavy (non-hydrogen) atoms. The van der Waals surface area contributed by atoms with Crippen molar-refractivity contribution in [3.63, 3.8) is 0 Å². The Hall–Kier alpha value is -3.09. The van der Waals surface area contributed by atoms with Crippen molar-refractivity contribution in [2.24, 2.45) is 10.7 Å². The van der Waals surface area contributed by atoms with Crippen LogP contribution in [0.5, 0.6) is 23.0 Å². The third kappa shape index (κ3) is 4.30. The number of aliphatic imine (C=N–C) groups is 1. The summed E-state index contributed by atoms with van der Waals surface area (Å²) in [6.07, 6.45) is 0.864. The summed E-state index contributed by atoms with van der Waals surface area (Å²) in [5.74, 6) is 3.21. The topological polar surface area (TPSA) is 87.3 Å². The number of nitrogens with zero attached hydrogens (tertiary/aromatic N) is 1. The molecule has 0 amide bonds. The molecule has 0 aliphatic carbocycles. The van der Waals surface area contributed by atoms with Crippen molar-refractivity contribution < 1.29 is 18.9 Å². The fraction of sp³-hybridized carbons (Fsp3) is 0.316. The molecule has 0 bridgehead atoms. The Balaban J connectivity index is 1.70. The van der Waals surface area contributed by atoms with Gasteiger partial charge in [-0.25, -0.2) is 4.99 Å². The normalized spacial score (nSPS) is 13.7. The highest BCUT2D eigenvalue weighted by Gasteiger charge is 2.11. The van der Waals surface area contributed by atoms with Gasteiger partial charge in [-0.15, -0.1) is 0 Å². The molecule has 0 atom stereocenters. The Labute approximate surface area is 152 Å². The highest BCUT2D eigenvalue weighted by molar-refractivity contribution is 5.92. The molecule has 0 aromatic heterocycles. The third-order valence-corrected chi connectivity index (χ3v) is 3.93. The van der Waals surface area contributed by atoms with E-state index in [4.69, 9.17) is 24.7 Å². The quantitative estimate of drug-likeness (QED) is 0.632. The van der Waals surface area contributed by atoms with E-state index in [-0.39, 0.29) is 0 Å². The van der Waals surface area contributed by atoms with E-state index in [1.807, 2.05) is 36.4 Å². The Morgan fingerprint density at radius 1 is 1.08 bits per heavy atom. The van der Waals surface area contributed by atoms with Crippen LogP contribution in [0.4, 0.5) is 5.69 Å². The van der Waals surface area contributed by atoms with Gasteiger partial charge in [-0.2, -0.15) is 0 Å². The second-order valence-electron chi connectivity index (χ2n) is 5.72. The van der Waals surface area contributed by atoms with Gasteiger partial charge in [-0.1, -0.05) is 0 Å². The van der Waals surface area contributed by atoms with E-state index >= 15 is 0 Å². The summed E-state index contributed by atoms with van der Waals surface area (Å²) in [6.45, 7) is 1.66. The average Bonchev–Trinajstić information content (AvgIpc) is 2.91. The number of ether oxygens (including phenoxy) is 4. The lowest BCUT2D eigenvalue weighted by Gasteiger charge is -2.11. The molecular formula is C19H23N3O4. The molecule has 138 valence electrons. The minimum atomic E-state index is 0.296. The largest absolute Gasteiger partial charge is 0.497 e. The molecule has 7 nitrogen and oxygen atoms in total. The smallest absolute Gasteiger partial charge is 0.193 e. The zero-order valence-corrected chi connectivity index (χ0v) is 15.0. The van der Waals surface area contributed by atoms with Gasteiger partial charge in [-0.3, -0.25) is 0 Å². The summed E-state index contributed by atoms with van der Waals surface area (Å²) in [5.41, 5.74) is 7.69. The zero-order valence-electron chi connectivity index (χ0n) is 15.0. The summed E-state index contributed by atoms with van der Waals surface area (Å²) < 4.78 is 21.9. The number of hydrogen-bond acceptors (Lipinski definition) is 5. The molecule has 0 saturated carbocycles. The van der Waals surface area contributed by atoms with E-state index in [0.29, 0.717) is 31.5 Å². The van der Waals surface area contributed by atoms with Crippen molar-refractivity contribution in [3.8, 4) is 23.0 Å². The van der Waals surface area contributed by atoms with E-state index in [9.17, 15) is 0 Å². The summed E-state index contributed by atoms with van der Waals surface area (Å²) in [5, 5.41) is 3.07. The lowest BCUT2D eigenvalue weighted by Crippen LogP contribution is -2.22. The molecule has 7 heteroatoms. The van der Waals surface area contributed by atoms with E-state index in [1.165, 1.54) is 0 Å². The van der Waals surface area contributed by atoms with Crippen LogP contribution in [0.15, 0.2) is 41.4 Å². The van der Waals surface area contributed by atoms with Crippen molar-refractivity contribution in [2.45, 2.75) is 13.0 Å². The number of hydrogen-bond donors (Lipinski definition) is 2. The van der Waals surface area contributed by atoms with Crippen molar-refractivity contribution in [1.82, 2.24) is 0 Å². The first kappa shape index (κ1) is 17.7. The second kappa shape index (κ2) is 8.33. The van der Waals surface area contributed by atoms with E-state index in [2.05, 4.69) is 10.3 Å². The standard InChI is InChI=1S/C19H23N3O4/c1-23-15-5-7-16(24-2)13(10-15)12-21-19(20)22-14-4-6-17-18(11-14)26-9-3-8-25-17/h4-7,10-11H,3,8-9,12H2,1-2H3,(H3,20,21,22). The average molecular weight is 357 g/mol.